The summed E-state index contributed by atoms with van der Waals surface area (Å²) in [5, 5.41) is 12.1. The normalized spacial score (nSPS) is 11.0. The summed E-state index contributed by atoms with van der Waals surface area (Å²) in [6.45, 7) is 0.222. The molecule has 3 aromatic rings. The minimum Gasteiger partial charge on any atom is -0.487 e. The summed E-state index contributed by atoms with van der Waals surface area (Å²) in [5.41, 5.74) is 1.92. The predicted octanol–water partition coefficient (Wildman–Crippen LogP) is 6.88. The molecule has 0 aliphatic heterocycles. The number of aliphatic imine (C=N–C) groups is 1. The molecular weight excluding hydrogens is 423 g/mol. The first kappa shape index (κ1) is 20.1. The predicted molar refractivity (Wildman–Crippen MR) is 113 cm³/mol. The van der Waals surface area contributed by atoms with Gasteiger partial charge in [-0.2, -0.15) is 0 Å². The molecule has 0 atom stereocenters. The Hall–Kier alpha value is -2.60. The summed E-state index contributed by atoms with van der Waals surface area (Å²) in [6, 6.07) is 16.4. The minimum absolute atomic E-state index is 0.00601. The smallest absolute Gasteiger partial charge is 0.269 e. The van der Waals surface area contributed by atoms with Crippen molar-refractivity contribution in [3.8, 4) is 5.75 Å². The van der Waals surface area contributed by atoms with Crippen LogP contribution in [-0.2, 0) is 6.61 Å². The first-order valence-electron chi connectivity index (χ1n) is 8.08. The van der Waals surface area contributed by atoms with Gasteiger partial charge in [0, 0.05) is 39.5 Å². The molecular formula is C20H13Cl3N2O3. The van der Waals surface area contributed by atoms with E-state index in [4.69, 9.17) is 39.5 Å². The number of ether oxygens (including phenoxy) is 1. The molecule has 0 aliphatic carbocycles. The molecule has 0 fully saturated rings. The van der Waals surface area contributed by atoms with Crippen LogP contribution >= 0.6 is 34.8 Å². The van der Waals surface area contributed by atoms with Gasteiger partial charge in [0.05, 0.1) is 15.6 Å². The number of non-ortho nitro benzene ring substituents is 1. The Labute approximate surface area is 176 Å². The van der Waals surface area contributed by atoms with E-state index in [1.54, 1.807) is 36.5 Å². The molecule has 0 aromatic heterocycles. The molecule has 5 nitrogen and oxygen atoms in total. The van der Waals surface area contributed by atoms with Crippen molar-refractivity contribution < 1.29 is 9.66 Å². The fraction of sp³-hybridized carbons (Fsp3) is 0.0500. The van der Waals surface area contributed by atoms with E-state index in [1.165, 1.54) is 12.1 Å². The zero-order chi connectivity index (χ0) is 20.1. The van der Waals surface area contributed by atoms with Crippen molar-refractivity contribution in [3.05, 3.63) is 97.0 Å². The molecule has 0 spiro atoms. The molecule has 3 rings (SSSR count). The molecule has 142 valence electrons. The van der Waals surface area contributed by atoms with Crippen LogP contribution in [-0.4, -0.2) is 11.1 Å². The number of hydrogen-bond acceptors (Lipinski definition) is 4. The van der Waals surface area contributed by atoms with Crippen LogP contribution in [0.2, 0.25) is 15.1 Å². The van der Waals surface area contributed by atoms with E-state index in [1.807, 2.05) is 18.2 Å². The highest BCUT2D eigenvalue weighted by Gasteiger charge is 2.11. The molecule has 0 amide bonds. The minimum atomic E-state index is -0.467. The Morgan fingerprint density at radius 2 is 1.71 bits per heavy atom. The van der Waals surface area contributed by atoms with Crippen molar-refractivity contribution in [2.75, 3.05) is 0 Å². The Kier molecular flexibility index (Phi) is 6.52. The third kappa shape index (κ3) is 5.01. The number of halogens is 3. The van der Waals surface area contributed by atoms with E-state index >= 15 is 0 Å². The number of nitro groups is 1. The van der Waals surface area contributed by atoms with Gasteiger partial charge in [0.15, 0.2) is 0 Å². The van der Waals surface area contributed by atoms with Gasteiger partial charge in [0.25, 0.3) is 5.69 Å². The largest absolute Gasteiger partial charge is 0.487 e. The Morgan fingerprint density at radius 1 is 1.00 bits per heavy atom. The van der Waals surface area contributed by atoms with Crippen LogP contribution < -0.4 is 4.74 Å². The van der Waals surface area contributed by atoms with Crippen LogP contribution in [0.1, 0.15) is 11.1 Å². The topological polar surface area (TPSA) is 64.7 Å². The summed E-state index contributed by atoms with van der Waals surface area (Å²) >= 11 is 18.6. The van der Waals surface area contributed by atoms with Crippen LogP contribution in [0.5, 0.6) is 5.75 Å². The number of rotatable bonds is 6. The van der Waals surface area contributed by atoms with Crippen LogP contribution in [0.4, 0.5) is 11.4 Å². The summed E-state index contributed by atoms with van der Waals surface area (Å²) < 4.78 is 5.87. The maximum atomic E-state index is 10.7. The highest BCUT2D eigenvalue weighted by molar-refractivity contribution is 6.36. The lowest BCUT2D eigenvalue weighted by Gasteiger charge is -2.12. The van der Waals surface area contributed by atoms with Gasteiger partial charge in [-0.05, 0) is 30.3 Å². The molecule has 8 heteroatoms. The van der Waals surface area contributed by atoms with Crippen LogP contribution in [0.3, 0.4) is 0 Å². The SMILES string of the molecule is O=[N+]([O-])c1ccc(N=Cc2cc(Cl)cc(Cl)c2OCc2ccccc2Cl)cc1. The van der Waals surface area contributed by atoms with E-state index in [9.17, 15) is 10.1 Å². The number of benzene rings is 3. The van der Waals surface area contributed by atoms with Crippen molar-refractivity contribution in [2.24, 2.45) is 4.99 Å². The average molecular weight is 436 g/mol. The van der Waals surface area contributed by atoms with Gasteiger partial charge < -0.3 is 4.74 Å². The third-order valence-corrected chi connectivity index (χ3v) is 4.65. The van der Waals surface area contributed by atoms with E-state index in [-0.39, 0.29) is 12.3 Å². The molecule has 0 aliphatic rings. The van der Waals surface area contributed by atoms with Crippen molar-refractivity contribution >= 4 is 52.4 Å². The van der Waals surface area contributed by atoms with Crippen molar-refractivity contribution in [2.45, 2.75) is 6.61 Å². The molecule has 0 heterocycles. The van der Waals surface area contributed by atoms with Crippen LogP contribution in [0.25, 0.3) is 0 Å². The lowest BCUT2D eigenvalue weighted by Crippen LogP contribution is -2.00. The van der Waals surface area contributed by atoms with Gasteiger partial charge in [0.1, 0.15) is 12.4 Å². The summed E-state index contributed by atoms with van der Waals surface area (Å²) in [4.78, 5) is 14.6. The summed E-state index contributed by atoms with van der Waals surface area (Å²) in [5.74, 6) is 0.414. The van der Waals surface area contributed by atoms with Crippen LogP contribution in [0.15, 0.2) is 65.7 Å². The highest BCUT2D eigenvalue weighted by Crippen LogP contribution is 2.33. The van der Waals surface area contributed by atoms with Crippen molar-refractivity contribution in [1.82, 2.24) is 0 Å². The van der Waals surface area contributed by atoms with Gasteiger partial charge in [-0.3, -0.25) is 15.1 Å². The van der Waals surface area contributed by atoms with Crippen molar-refractivity contribution in [1.29, 1.82) is 0 Å². The Bertz CT molecular complexity index is 1040. The monoisotopic (exact) mass is 434 g/mol. The second-order valence-corrected chi connectivity index (χ2v) is 6.97. The molecule has 0 unspecified atom stereocenters. The second kappa shape index (κ2) is 9.06. The summed E-state index contributed by atoms with van der Waals surface area (Å²) in [7, 11) is 0. The van der Waals surface area contributed by atoms with Gasteiger partial charge in [0.2, 0.25) is 0 Å². The standard InChI is InChI=1S/C20H13Cl3N2O3/c21-15-9-14(11-24-16-5-7-17(8-6-16)25(26)27)20(19(23)10-15)28-12-13-3-1-2-4-18(13)22/h1-11H,12H2. The Balaban J connectivity index is 1.85. The fourth-order valence-electron chi connectivity index (χ4n) is 2.40. The van der Waals surface area contributed by atoms with E-state index in [0.29, 0.717) is 32.1 Å². The first-order chi connectivity index (χ1) is 13.4. The van der Waals surface area contributed by atoms with Gasteiger partial charge in [-0.15, -0.1) is 0 Å². The lowest BCUT2D eigenvalue weighted by atomic mass is 10.2. The van der Waals surface area contributed by atoms with Gasteiger partial charge in [-0.25, -0.2) is 0 Å². The number of nitro benzene ring substituents is 1. The van der Waals surface area contributed by atoms with Gasteiger partial charge >= 0.3 is 0 Å². The molecule has 0 saturated heterocycles. The maximum Gasteiger partial charge on any atom is 0.269 e. The van der Waals surface area contributed by atoms with E-state index in [2.05, 4.69) is 4.99 Å². The number of hydrogen-bond donors (Lipinski definition) is 0. The molecule has 0 N–H and O–H groups in total. The zero-order valence-corrected chi connectivity index (χ0v) is 16.6. The first-order valence-corrected chi connectivity index (χ1v) is 9.21. The van der Waals surface area contributed by atoms with E-state index < -0.39 is 4.92 Å². The second-order valence-electron chi connectivity index (χ2n) is 5.72. The Morgan fingerprint density at radius 3 is 2.39 bits per heavy atom. The maximum absolute atomic E-state index is 10.7. The third-order valence-electron chi connectivity index (χ3n) is 3.78. The van der Waals surface area contributed by atoms with Crippen molar-refractivity contribution in [3.63, 3.8) is 0 Å². The highest BCUT2D eigenvalue weighted by atomic mass is 35.5. The average Bonchev–Trinajstić information content (AvgIpc) is 2.67. The molecule has 0 radical (unpaired) electrons. The molecule has 0 saturated carbocycles. The lowest BCUT2D eigenvalue weighted by molar-refractivity contribution is -0.384. The molecule has 0 bridgehead atoms. The fourth-order valence-corrected chi connectivity index (χ4v) is 3.15. The molecule has 3 aromatic carbocycles. The van der Waals surface area contributed by atoms with Gasteiger partial charge in [-0.1, -0.05) is 53.0 Å². The summed E-state index contributed by atoms with van der Waals surface area (Å²) in [6.07, 6.45) is 1.54. The van der Waals surface area contributed by atoms with Crippen LogP contribution in [0, 0.1) is 10.1 Å². The molecule has 28 heavy (non-hydrogen) atoms. The van der Waals surface area contributed by atoms with E-state index in [0.717, 1.165) is 5.56 Å². The quantitative estimate of drug-likeness (QED) is 0.241. The number of nitrogens with zero attached hydrogens (tertiary/aromatic N) is 2. The zero-order valence-electron chi connectivity index (χ0n) is 14.3.